The first-order valence-corrected chi connectivity index (χ1v) is 5.34. The van der Waals surface area contributed by atoms with Crippen molar-refractivity contribution < 1.29 is 9.53 Å². The number of morpholine rings is 1. The molecule has 1 aromatic heterocycles. The first-order chi connectivity index (χ1) is 7.68. The number of amides is 1. The molecule has 6 heteroatoms. The number of nitrogens with zero attached hydrogens (tertiary/aromatic N) is 2. The van der Waals surface area contributed by atoms with Gasteiger partial charge < -0.3 is 15.4 Å². The number of carbonyl (C=O) groups is 1. The molecule has 2 heterocycles. The Hall–Kier alpha value is -1.33. The standard InChI is InChI=1S/C10H12ClN3O2/c11-8-5-9(12)13-6-7(8)10(15)14-1-3-16-4-2-14/h5-6H,1-4H2,(H2,12,13). The van der Waals surface area contributed by atoms with E-state index in [0.717, 1.165) is 0 Å². The van der Waals surface area contributed by atoms with Crippen LogP contribution in [0.1, 0.15) is 10.4 Å². The lowest BCUT2D eigenvalue weighted by Crippen LogP contribution is -2.40. The van der Waals surface area contributed by atoms with Crippen molar-refractivity contribution in [2.45, 2.75) is 0 Å². The van der Waals surface area contributed by atoms with E-state index in [1.807, 2.05) is 0 Å². The highest BCUT2D eigenvalue weighted by atomic mass is 35.5. The number of ether oxygens (including phenoxy) is 1. The number of anilines is 1. The van der Waals surface area contributed by atoms with Crippen LogP contribution in [0.5, 0.6) is 0 Å². The van der Waals surface area contributed by atoms with Crippen LogP contribution in [0.15, 0.2) is 12.3 Å². The van der Waals surface area contributed by atoms with Gasteiger partial charge in [-0.2, -0.15) is 0 Å². The molecule has 1 amide bonds. The van der Waals surface area contributed by atoms with Crippen LogP contribution in [-0.4, -0.2) is 42.1 Å². The third kappa shape index (κ3) is 2.25. The molecule has 2 N–H and O–H groups in total. The van der Waals surface area contributed by atoms with Crippen LogP contribution in [0, 0.1) is 0 Å². The SMILES string of the molecule is Nc1cc(Cl)c(C(=O)N2CCOCC2)cn1. The fourth-order valence-electron chi connectivity index (χ4n) is 1.54. The molecule has 16 heavy (non-hydrogen) atoms. The minimum absolute atomic E-state index is 0.124. The lowest BCUT2D eigenvalue weighted by Gasteiger charge is -2.27. The van der Waals surface area contributed by atoms with Crippen molar-refractivity contribution in [3.05, 3.63) is 22.8 Å². The number of pyridine rings is 1. The number of hydrogen-bond donors (Lipinski definition) is 1. The minimum atomic E-state index is -0.124. The van der Waals surface area contributed by atoms with Crippen molar-refractivity contribution in [1.82, 2.24) is 9.88 Å². The van der Waals surface area contributed by atoms with Gasteiger partial charge >= 0.3 is 0 Å². The quantitative estimate of drug-likeness (QED) is 0.789. The Labute approximate surface area is 98.1 Å². The van der Waals surface area contributed by atoms with Crippen molar-refractivity contribution >= 4 is 23.3 Å². The van der Waals surface area contributed by atoms with Gasteiger partial charge in [-0.25, -0.2) is 4.98 Å². The number of hydrogen-bond acceptors (Lipinski definition) is 4. The summed E-state index contributed by atoms with van der Waals surface area (Å²) in [7, 11) is 0. The molecule has 1 aromatic rings. The number of aromatic nitrogens is 1. The van der Waals surface area contributed by atoms with Crippen LogP contribution < -0.4 is 5.73 Å². The maximum Gasteiger partial charge on any atom is 0.257 e. The predicted octanol–water partition coefficient (Wildman–Crippen LogP) is 0.790. The number of nitrogen functional groups attached to an aromatic ring is 1. The van der Waals surface area contributed by atoms with Crippen molar-refractivity contribution in [3.63, 3.8) is 0 Å². The topological polar surface area (TPSA) is 68.5 Å². The lowest BCUT2D eigenvalue weighted by atomic mass is 10.2. The normalized spacial score (nSPS) is 16.2. The molecule has 0 saturated carbocycles. The van der Waals surface area contributed by atoms with E-state index in [1.54, 1.807) is 4.90 Å². The summed E-state index contributed by atoms with van der Waals surface area (Å²) >= 11 is 5.94. The summed E-state index contributed by atoms with van der Waals surface area (Å²) in [6.45, 7) is 2.29. The fourth-order valence-corrected chi connectivity index (χ4v) is 1.78. The molecule has 0 atom stereocenters. The van der Waals surface area contributed by atoms with Crippen LogP contribution >= 0.6 is 11.6 Å². The Kier molecular flexibility index (Phi) is 3.26. The highest BCUT2D eigenvalue weighted by Gasteiger charge is 2.20. The molecule has 1 saturated heterocycles. The zero-order valence-corrected chi connectivity index (χ0v) is 9.41. The molecule has 1 aliphatic heterocycles. The maximum atomic E-state index is 12.0. The Morgan fingerprint density at radius 2 is 2.19 bits per heavy atom. The first-order valence-electron chi connectivity index (χ1n) is 4.96. The maximum absolute atomic E-state index is 12.0. The van der Waals surface area contributed by atoms with Crippen LogP contribution in [0.3, 0.4) is 0 Å². The third-order valence-corrected chi connectivity index (χ3v) is 2.72. The van der Waals surface area contributed by atoms with Gasteiger partial charge in [0.05, 0.1) is 23.8 Å². The van der Waals surface area contributed by atoms with E-state index in [1.165, 1.54) is 12.3 Å². The molecule has 0 spiro atoms. The lowest BCUT2D eigenvalue weighted by molar-refractivity contribution is 0.0303. The zero-order valence-electron chi connectivity index (χ0n) is 8.65. The molecular formula is C10H12ClN3O2. The molecule has 86 valence electrons. The molecule has 1 aliphatic rings. The third-order valence-electron chi connectivity index (χ3n) is 2.40. The number of carbonyl (C=O) groups excluding carboxylic acids is 1. The number of nitrogens with two attached hydrogens (primary N) is 1. The highest BCUT2D eigenvalue weighted by molar-refractivity contribution is 6.34. The van der Waals surface area contributed by atoms with Crippen LogP contribution in [0.2, 0.25) is 5.02 Å². The molecule has 5 nitrogen and oxygen atoms in total. The van der Waals surface area contributed by atoms with Gasteiger partial charge in [-0.15, -0.1) is 0 Å². The second kappa shape index (κ2) is 4.67. The van der Waals surface area contributed by atoms with Crippen molar-refractivity contribution in [2.24, 2.45) is 0 Å². The predicted molar refractivity (Wildman–Crippen MR) is 60.4 cm³/mol. The van der Waals surface area contributed by atoms with Crippen LogP contribution in [0.4, 0.5) is 5.82 Å². The van der Waals surface area contributed by atoms with Crippen molar-refractivity contribution in [1.29, 1.82) is 0 Å². The average molecular weight is 242 g/mol. The Balaban J connectivity index is 2.19. The molecule has 0 aromatic carbocycles. The van der Waals surface area contributed by atoms with E-state index in [-0.39, 0.29) is 5.91 Å². The summed E-state index contributed by atoms with van der Waals surface area (Å²) in [6.07, 6.45) is 1.41. The highest BCUT2D eigenvalue weighted by Crippen LogP contribution is 2.19. The molecule has 0 aliphatic carbocycles. The van der Waals surface area contributed by atoms with Gasteiger partial charge in [-0.05, 0) is 6.07 Å². The van der Waals surface area contributed by atoms with Gasteiger partial charge in [0, 0.05) is 19.3 Å². The fraction of sp³-hybridized carbons (Fsp3) is 0.400. The van der Waals surface area contributed by atoms with E-state index in [0.29, 0.717) is 42.7 Å². The van der Waals surface area contributed by atoms with E-state index in [2.05, 4.69) is 4.98 Å². The van der Waals surface area contributed by atoms with Gasteiger partial charge in [0.2, 0.25) is 0 Å². The van der Waals surface area contributed by atoms with Crippen molar-refractivity contribution in [3.8, 4) is 0 Å². The summed E-state index contributed by atoms with van der Waals surface area (Å²) < 4.78 is 5.17. The summed E-state index contributed by atoms with van der Waals surface area (Å²) in [4.78, 5) is 17.6. The van der Waals surface area contributed by atoms with Gasteiger partial charge in [-0.1, -0.05) is 11.6 Å². The van der Waals surface area contributed by atoms with Gasteiger partial charge in [-0.3, -0.25) is 4.79 Å². The molecule has 2 rings (SSSR count). The van der Waals surface area contributed by atoms with E-state index in [4.69, 9.17) is 22.1 Å². The molecule has 0 unspecified atom stereocenters. The second-order valence-electron chi connectivity index (χ2n) is 3.49. The van der Waals surface area contributed by atoms with Crippen molar-refractivity contribution in [2.75, 3.05) is 32.0 Å². The Bertz CT molecular complexity index is 405. The summed E-state index contributed by atoms with van der Waals surface area (Å²) in [5, 5.41) is 0.337. The molecule has 0 bridgehead atoms. The minimum Gasteiger partial charge on any atom is -0.384 e. The van der Waals surface area contributed by atoms with Gasteiger partial charge in [0.25, 0.3) is 5.91 Å². The summed E-state index contributed by atoms with van der Waals surface area (Å²) in [5.41, 5.74) is 5.85. The van der Waals surface area contributed by atoms with E-state index in [9.17, 15) is 4.79 Å². The smallest absolute Gasteiger partial charge is 0.257 e. The van der Waals surface area contributed by atoms with E-state index < -0.39 is 0 Å². The van der Waals surface area contributed by atoms with Crippen LogP contribution in [0.25, 0.3) is 0 Å². The van der Waals surface area contributed by atoms with Gasteiger partial charge in [0.15, 0.2) is 0 Å². The number of halogens is 1. The monoisotopic (exact) mass is 241 g/mol. The molecular weight excluding hydrogens is 230 g/mol. The first kappa shape index (κ1) is 11.2. The zero-order chi connectivity index (χ0) is 11.5. The van der Waals surface area contributed by atoms with E-state index >= 15 is 0 Å². The summed E-state index contributed by atoms with van der Waals surface area (Å²) in [6, 6.07) is 1.48. The molecule has 0 radical (unpaired) electrons. The Morgan fingerprint density at radius 3 is 2.81 bits per heavy atom. The second-order valence-corrected chi connectivity index (χ2v) is 3.90. The summed E-state index contributed by atoms with van der Waals surface area (Å²) in [5.74, 6) is 0.185. The van der Waals surface area contributed by atoms with Crippen LogP contribution in [-0.2, 0) is 4.74 Å². The molecule has 1 fully saturated rings. The van der Waals surface area contributed by atoms with Gasteiger partial charge in [0.1, 0.15) is 5.82 Å². The number of rotatable bonds is 1. The average Bonchev–Trinajstić information content (AvgIpc) is 2.29. The Morgan fingerprint density at radius 1 is 1.50 bits per heavy atom. The largest absolute Gasteiger partial charge is 0.384 e.